The third-order valence-electron chi connectivity index (χ3n) is 5.92. The van der Waals surface area contributed by atoms with E-state index in [1.807, 2.05) is 17.7 Å². The summed E-state index contributed by atoms with van der Waals surface area (Å²) in [5.74, 6) is 7.41. The number of nitrogens with two attached hydrogens (primary N) is 1. The van der Waals surface area contributed by atoms with Crippen LogP contribution in [0.2, 0.25) is 0 Å². The summed E-state index contributed by atoms with van der Waals surface area (Å²) >= 11 is 0. The zero-order valence-electron chi connectivity index (χ0n) is 19.5. The van der Waals surface area contributed by atoms with Crippen LogP contribution in [0, 0.1) is 25.7 Å². The molecule has 0 spiro atoms. The normalized spacial score (nSPS) is 12.9. The largest absolute Gasteiger partial charge is 0.383 e. The van der Waals surface area contributed by atoms with Crippen LogP contribution in [0.15, 0.2) is 55.1 Å². The van der Waals surface area contributed by atoms with E-state index in [-0.39, 0.29) is 0 Å². The molecular formula is C27H25N7. The van der Waals surface area contributed by atoms with Gasteiger partial charge in [0.05, 0.1) is 11.9 Å². The summed E-state index contributed by atoms with van der Waals surface area (Å²) in [5.41, 5.74) is 13.7. The number of aromatic nitrogens is 5. The van der Waals surface area contributed by atoms with Gasteiger partial charge < -0.3 is 5.73 Å². The highest BCUT2D eigenvalue weighted by molar-refractivity contribution is 5.93. The summed E-state index contributed by atoms with van der Waals surface area (Å²) in [7, 11) is 0. The minimum atomic E-state index is 0.372. The maximum absolute atomic E-state index is 6.19. The van der Waals surface area contributed by atoms with Gasteiger partial charge in [-0.15, -0.1) is 0 Å². The van der Waals surface area contributed by atoms with E-state index in [0.29, 0.717) is 29.1 Å². The standard InChI is InChI=1S/C27H25N7/c1-5-6-12-22-24-25(28)30-16-31-27(24)33(32-22)15-21-14-20-11-7-9-17(2)23(20)19(4)34(21)26-18(3)10-8-13-29-26/h7-11,13-14,16H,4-5,15H2,1-3H3,(H2,28,30,31). The molecule has 1 aliphatic rings. The van der Waals surface area contributed by atoms with E-state index in [4.69, 9.17) is 15.8 Å². The number of nitrogens with zero attached hydrogens (tertiary/aromatic N) is 6. The van der Waals surface area contributed by atoms with Crippen LogP contribution in [0.4, 0.5) is 11.6 Å². The highest BCUT2D eigenvalue weighted by Crippen LogP contribution is 2.39. The smallest absolute Gasteiger partial charge is 0.165 e. The van der Waals surface area contributed by atoms with Crippen molar-refractivity contribution < 1.29 is 0 Å². The Morgan fingerprint density at radius 3 is 2.68 bits per heavy atom. The molecule has 5 rings (SSSR count). The molecule has 4 heterocycles. The van der Waals surface area contributed by atoms with Gasteiger partial charge in [0.2, 0.25) is 0 Å². The lowest BCUT2D eigenvalue weighted by molar-refractivity contribution is 0.683. The number of pyridine rings is 1. The van der Waals surface area contributed by atoms with Gasteiger partial charge in [0.25, 0.3) is 0 Å². The highest BCUT2D eigenvalue weighted by atomic mass is 15.3. The molecule has 0 saturated carbocycles. The molecule has 0 bridgehead atoms. The molecule has 2 N–H and O–H groups in total. The third-order valence-corrected chi connectivity index (χ3v) is 5.92. The van der Waals surface area contributed by atoms with Crippen molar-refractivity contribution in [1.82, 2.24) is 24.7 Å². The second kappa shape index (κ2) is 8.49. The number of aryl methyl sites for hydroxylation is 2. The van der Waals surface area contributed by atoms with E-state index >= 15 is 0 Å². The fourth-order valence-electron chi connectivity index (χ4n) is 4.38. The topological polar surface area (TPSA) is 85.8 Å². The number of hydrogen-bond acceptors (Lipinski definition) is 6. The molecule has 0 fully saturated rings. The lowest BCUT2D eigenvalue weighted by Gasteiger charge is -2.34. The Morgan fingerprint density at radius 2 is 1.88 bits per heavy atom. The molecule has 3 aromatic heterocycles. The number of allylic oxidation sites excluding steroid dienone is 1. The Kier molecular flexibility index (Phi) is 5.34. The quantitative estimate of drug-likeness (QED) is 0.458. The van der Waals surface area contributed by atoms with Gasteiger partial charge in [-0.3, -0.25) is 4.90 Å². The fraction of sp³-hybridized carbons (Fsp3) is 0.185. The van der Waals surface area contributed by atoms with Crippen molar-refractivity contribution in [3.05, 3.63) is 83.1 Å². The van der Waals surface area contributed by atoms with Crippen LogP contribution in [0.5, 0.6) is 0 Å². The van der Waals surface area contributed by atoms with Crippen molar-refractivity contribution in [2.45, 2.75) is 33.7 Å². The van der Waals surface area contributed by atoms with Crippen molar-refractivity contribution in [2.24, 2.45) is 0 Å². The van der Waals surface area contributed by atoms with Crippen molar-refractivity contribution in [3.63, 3.8) is 0 Å². The number of nitrogen functional groups attached to an aromatic ring is 1. The third kappa shape index (κ3) is 3.50. The minimum absolute atomic E-state index is 0.372. The average Bonchev–Trinajstić information content (AvgIpc) is 3.17. The molecular weight excluding hydrogens is 422 g/mol. The number of hydrogen-bond donors (Lipinski definition) is 1. The van der Waals surface area contributed by atoms with Crippen LogP contribution >= 0.6 is 0 Å². The molecule has 0 amide bonds. The van der Waals surface area contributed by atoms with Crippen LogP contribution in [-0.2, 0) is 6.54 Å². The molecule has 7 heteroatoms. The van der Waals surface area contributed by atoms with Crippen molar-refractivity contribution >= 4 is 34.4 Å². The van der Waals surface area contributed by atoms with Gasteiger partial charge in [-0.1, -0.05) is 43.7 Å². The van der Waals surface area contributed by atoms with Gasteiger partial charge in [0, 0.05) is 29.6 Å². The molecule has 168 valence electrons. The summed E-state index contributed by atoms with van der Waals surface area (Å²) < 4.78 is 1.83. The molecule has 0 saturated heterocycles. The minimum Gasteiger partial charge on any atom is -0.383 e. The summed E-state index contributed by atoms with van der Waals surface area (Å²) in [6.07, 6.45) is 6.15. The molecule has 1 aliphatic heterocycles. The van der Waals surface area contributed by atoms with Gasteiger partial charge in [0.15, 0.2) is 5.65 Å². The number of fused-ring (bicyclic) bond motifs is 2. The van der Waals surface area contributed by atoms with Gasteiger partial charge in [-0.25, -0.2) is 19.6 Å². The van der Waals surface area contributed by atoms with Crippen LogP contribution in [0.1, 0.15) is 41.3 Å². The molecule has 0 aliphatic carbocycles. The van der Waals surface area contributed by atoms with E-state index in [1.54, 1.807) is 6.20 Å². The maximum atomic E-state index is 6.19. The molecule has 0 radical (unpaired) electrons. The Bertz CT molecular complexity index is 1530. The Balaban J connectivity index is 1.70. The first-order valence-corrected chi connectivity index (χ1v) is 11.2. The Morgan fingerprint density at radius 1 is 1.06 bits per heavy atom. The van der Waals surface area contributed by atoms with Gasteiger partial charge in [-0.05, 0) is 48.6 Å². The molecule has 7 nitrogen and oxygen atoms in total. The maximum Gasteiger partial charge on any atom is 0.165 e. The van der Waals surface area contributed by atoms with Crippen molar-refractivity contribution in [1.29, 1.82) is 0 Å². The summed E-state index contributed by atoms with van der Waals surface area (Å²) in [6, 6.07) is 10.3. The van der Waals surface area contributed by atoms with Crippen LogP contribution in [-0.4, -0.2) is 24.7 Å². The zero-order chi connectivity index (χ0) is 23.8. The lowest BCUT2D eigenvalue weighted by atomic mass is 9.94. The fourth-order valence-corrected chi connectivity index (χ4v) is 4.38. The molecule has 4 aromatic rings. The first-order chi connectivity index (χ1) is 16.5. The monoisotopic (exact) mass is 447 g/mol. The van der Waals surface area contributed by atoms with E-state index in [0.717, 1.165) is 40.3 Å². The summed E-state index contributed by atoms with van der Waals surface area (Å²) in [6.45, 7) is 11.1. The van der Waals surface area contributed by atoms with Gasteiger partial charge >= 0.3 is 0 Å². The van der Waals surface area contributed by atoms with Gasteiger partial charge in [0.1, 0.15) is 23.7 Å². The summed E-state index contributed by atoms with van der Waals surface area (Å²) in [5, 5.41) is 5.45. The van der Waals surface area contributed by atoms with Crippen LogP contribution < -0.4 is 10.6 Å². The predicted molar refractivity (Wildman–Crippen MR) is 137 cm³/mol. The van der Waals surface area contributed by atoms with Crippen LogP contribution in [0.3, 0.4) is 0 Å². The van der Waals surface area contributed by atoms with Crippen LogP contribution in [0.25, 0.3) is 22.8 Å². The zero-order valence-corrected chi connectivity index (χ0v) is 19.5. The first-order valence-electron chi connectivity index (χ1n) is 11.2. The second-order valence-corrected chi connectivity index (χ2v) is 8.22. The molecule has 34 heavy (non-hydrogen) atoms. The lowest BCUT2D eigenvalue weighted by Crippen LogP contribution is -2.28. The number of anilines is 2. The number of benzene rings is 1. The van der Waals surface area contributed by atoms with Crippen molar-refractivity contribution in [2.75, 3.05) is 10.6 Å². The molecule has 0 atom stereocenters. The Hall–Kier alpha value is -4.44. The first kappa shape index (κ1) is 21.4. The predicted octanol–water partition coefficient (Wildman–Crippen LogP) is 4.71. The average molecular weight is 448 g/mol. The van der Waals surface area contributed by atoms with E-state index in [1.165, 1.54) is 11.9 Å². The second-order valence-electron chi connectivity index (χ2n) is 8.22. The van der Waals surface area contributed by atoms with E-state index in [2.05, 4.69) is 77.5 Å². The SMILES string of the molecule is C=C1c2c(C)cccc2C=C(Cn2nc(C#CCC)c3c(N)ncnc32)N1c1ncccc1C. The molecule has 1 aromatic carbocycles. The van der Waals surface area contributed by atoms with E-state index < -0.39 is 0 Å². The summed E-state index contributed by atoms with van der Waals surface area (Å²) in [4.78, 5) is 15.5. The number of rotatable bonds is 3. The Labute approximate surface area is 198 Å². The molecule has 0 unspecified atom stereocenters. The van der Waals surface area contributed by atoms with E-state index in [9.17, 15) is 0 Å². The van der Waals surface area contributed by atoms with Gasteiger partial charge in [-0.2, -0.15) is 5.10 Å². The van der Waals surface area contributed by atoms with Crippen molar-refractivity contribution in [3.8, 4) is 11.8 Å². The highest BCUT2D eigenvalue weighted by Gasteiger charge is 2.28.